The van der Waals surface area contributed by atoms with E-state index in [0.29, 0.717) is 43.0 Å². The van der Waals surface area contributed by atoms with E-state index >= 15 is 0 Å². The van der Waals surface area contributed by atoms with E-state index in [0.717, 1.165) is 11.4 Å². The van der Waals surface area contributed by atoms with Gasteiger partial charge in [-0.3, -0.25) is 9.59 Å². The van der Waals surface area contributed by atoms with Gasteiger partial charge in [0.25, 0.3) is 11.5 Å². The van der Waals surface area contributed by atoms with Crippen LogP contribution in [0.25, 0.3) is 5.69 Å². The second kappa shape index (κ2) is 6.55. The highest BCUT2D eigenvalue weighted by Gasteiger charge is 2.25. The van der Waals surface area contributed by atoms with Crippen molar-refractivity contribution in [3.05, 3.63) is 69.7 Å². The Morgan fingerprint density at radius 3 is 2.73 bits per heavy atom. The third-order valence-corrected chi connectivity index (χ3v) is 4.53. The highest BCUT2D eigenvalue weighted by molar-refractivity contribution is 5.92. The van der Waals surface area contributed by atoms with Gasteiger partial charge in [-0.2, -0.15) is 0 Å². The molecule has 1 aromatic carbocycles. The first-order valence-electron chi connectivity index (χ1n) is 8.47. The number of nitrogens with one attached hydrogen (secondary N) is 1. The molecule has 0 radical (unpaired) electrons. The van der Waals surface area contributed by atoms with Crippen molar-refractivity contribution in [1.29, 1.82) is 0 Å². The lowest BCUT2D eigenvalue weighted by Crippen LogP contribution is -2.34. The molecule has 0 spiro atoms. The maximum absolute atomic E-state index is 13.0. The predicted octanol–water partition coefficient (Wildman–Crippen LogP) is 0.900. The van der Waals surface area contributed by atoms with Crippen LogP contribution in [0.2, 0.25) is 0 Å². The topological polar surface area (TPSA) is 96.8 Å². The van der Waals surface area contributed by atoms with E-state index < -0.39 is 0 Å². The monoisotopic (exact) mass is 350 g/mol. The number of carbonyl (C=O) groups excluding carboxylic acids is 1. The third-order valence-electron chi connectivity index (χ3n) is 4.53. The Bertz CT molecular complexity index is 1010. The molecular weight excluding hydrogens is 332 g/mol. The van der Waals surface area contributed by atoms with Gasteiger partial charge in [0.2, 0.25) is 0 Å². The minimum Gasteiger partial charge on any atom is -0.337 e. The van der Waals surface area contributed by atoms with Crippen molar-refractivity contribution in [2.75, 3.05) is 13.1 Å². The SMILES string of the molecule is Cc1nc2c(c(=O)[nH]1)CCN(C(=O)c1cnnn1-c1ccccc1)CC2. The first-order chi connectivity index (χ1) is 12.6. The van der Waals surface area contributed by atoms with Crippen LogP contribution in [0.4, 0.5) is 0 Å². The lowest BCUT2D eigenvalue weighted by molar-refractivity contribution is 0.0753. The molecule has 0 atom stereocenters. The summed E-state index contributed by atoms with van der Waals surface area (Å²) in [4.78, 5) is 34.1. The molecule has 0 bridgehead atoms. The van der Waals surface area contributed by atoms with Crippen molar-refractivity contribution in [3.8, 4) is 5.69 Å². The number of H-pyrrole nitrogens is 1. The number of para-hydroxylation sites is 1. The van der Waals surface area contributed by atoms with Gasteiger partial charge < -0.3 is 9.88 Å². The molecule has 0 aliphatic carbocycles. The summed E-state index contributed by atoms with van der Waals surface area (Å²) in [5.74, 6) is 0.444. The quantitative estimate of drug-likeness (QED) is 0.741. The Hall–Kier alpha value is -3.29. The lowest BCUT2D eigenvalue weighted by Gasteiger charge is -2.20. The molecule has 4 rings (SSSR count). The molecule has 3 aromatic rings. The van der Waals surface area contributed by atoms with Gasteiger partial charge in [-0.05, 0) is 25.5 Å². The Morgan fingerprint density at radius 2 is 1.92 bits per heavy atom. The van der Waals surface area contributed by atoms with Gasteiger partial charge in [-0.25, -0.2) is 9.67 Å². The van der Waals surface area contributed by atoms with E-state index in [1.165, 1.54) is 10.9 Å². The first kappa shape index (κ1) is 16.2. The summed E-state index contributed by atoms with van der Waals surface area (Å²) in [6.07, 6.45) is 2.51. The Labute approximate surface area is 149 Å². The van der Waals surface area contributed by atoms with Gasteiger partial charge in [0.15, 0.2) is 5.69 Å². The average molecular weight is 350 g/mol. The molecule has 1 aliphatic heterocycles. The fourth-order valence-electron chi connectivity index (χ4n) is 3.24. The summed E-state index contributed by atoms with van der Waals surface area (Å²) in [7, 11) is 0. The average Bonchev–Trinajstić information content (AvgIpc) is 3.03. The van der Waals surface area contributed by atoms with Gasteiger partial charge >= 0.3 is 0 Å². The Balaban J connectivity index is 1.61. The van der Waals surface area contributed by atoms with Crippen molar-refractivity contribution in [2.45, 2.75) is 19.8 Å². The van der Waals surface area contributed by atoms with E-state index in [2.05, 4.69) is 20.3 Å². The van der Waals surface area contributed by atoms with Crippen LogP contribution >= 0.6 is 0 Å². The minimum atomic E-state index is -0.153. The maximum atomic E-state index is 13.0. The standard InChI is InChI=1S/C18H18N6O2/c1-12-20-15-8-10-23(9-7-14(15)17(25)21-12)18(26)16-11-19-22-24(16)13-5-3-2-4-6-13/h2-6,11H,7-10H2,1H3,(H,20,21,25). The third kappa shape index (κ3) is 2.90. The van der Waals surface area contributed by atoms with E-state index in [-0.39, 0.29) is 11.5 Å². The van der Waals surface area contributed by atoms with Crippen LogP contribution in [0.3, 0.4) is 0 Å². The number of aromatic nitrogens is 5. The predicted molar refractivity (Wildman–Crippen MR) is 94.3 cm³/mol. The highest BCUT2D eigenvalue weighted by Crippen LogP contribution is 2.15. The molecule has 132 valence electrons. The number of carbonyl (C=O) groups is 1. The van der Waals surface area contributed by atoms with Crippen molar-refractivity contribution < 1.29 is 4.79 Å². The second-order valence-electron chi connectivity index (χ2n) is 6.24. The fraction of sp³-hybridized carbons (Fsp3) is 0.278. The van der Waals surface area contributed by atoms with Crippen LogP contribution in [0.1, 0.15) is 27.6 Å². The summed E-state index contributed by atoms with van der Waals surface area (Å²) in [6.45, 7) is 2.72. The van der Waals surface area contributed by atoms with Gasteiger partial charge in [-0.15, -0.1) is 5.10 Å². The molecule has 3 heterocycles. The second-order valence-corrected chi connectivity index (χ2v) is 6.24. The zero-order chi connectivity index (χ0) is 18.1. The molecule has 0 saturated heterocycles. The van der Waals surface area contributed by atoms with Crippen molar-refractivity contribution >= 4 is 5.91 Å². The van der Waals surface area contributed by atoms with Crippen molar-refractivity contribution in [3.63, 3.8) is 0 Å². The fourth-order valence-corrected chi connectivity index (χ4v) is 3.24. The molecule has 0 unspecified atom stereocenters. The smallest absolute Gasteiger partial charge is 0.274 e. The Kier molecular flexibility index (Phi) is 4.08. The van der Waals surface area contributed by atoms with Crippen LogP contribution < -0.4 is 5.56 Å². The zero-order valence-corrected chi connectivity index (χ0v) is 14.3. The lowest BCUT2D eigenvalue weighted by atomic mass is 10.1. The van der Waals surface area contributed by atoms with Gasteiger partial charge in [0.1, 0.15) is 5.82 Å². The van der Waals surface area contributed by atoms with Crippen molar-refractivity contribution in [2.24, 2.45) is 0 Å². The molecule has 0 saturated carbocycles. The number of aryl methyl sites for hydroxylation is 1. The first-order valence-corrected chi connectivity index (χ1v) is 8.47. The van der Waals surface area contributed by atoms with E-state index in [1.807, 2.05) is 30.3 Å². The number of fused-ring (bicyclic) bond motifs is 1. The Morgan fingerprint density at radius 1 is 1.15 bits per heavy atom. The number of hydrogen-bond donors (Lipinski definition) is 1. The van der Waals surface area contributed by atoms with Crippen LogP contribution in [-0.4, -0.2) is 48.9 Å². The van der Waals surface area contributed by atoms with Crippen LogP contribution in [0.15, 0.2) is 41.3 Å². The number of benzene rings is 1. The van der Waals surface area contributed by atoms with Crippen LogP contribution in [0.5, 0.6) is 0 Å². The molecule has 8 heteroatoms. The molecule has 1 amide bonds. The van der Waals surface area contributed by atoms with E-state index in [9.17, 15) is 9.59 Å². The normalized spacial score (nSPS) is 14.0. The maximum Gasteiger partial charge on any atom is 0.274 e. The van der Waals surface area contributed by atoms with E-state index in [4.69, 9.17) is 0 Å². The molecule has 0 fully saturated rings. The minimum absolute atomic E-state index is 0.113. The summed E-state index contributed by atoms with van der Waals surface area (Å²) in [5.41, 5.74) is 2.51. The summed E-state index contributed by atoms with van der Waals surface area (Å²) in [5, 5.41) is 7.94. The van der Waals surface area contributed by atoms with Gasteiger partial charge in [0.05, 0.1) is 17.6 Å². The molecule has 26 heavy (non-hydrogen) atoms. The van der Waals surface area contributed by atoms with Crippen molar-refractivity contribution in [1.82, 2.24) is 29.9 Å². The number of rotatable bonds is 2. The number of hydrogen-bond acceptors (Lipinski definition) is 5. The molecule has 1 aliphatic rings. The van der Waals surface area contributed by atoms with E-state index in [1.54, 1.807) is 11.8 Å². The molecule has 8 nitrogen and oxygen atoms in total. The number of amides is 1. The number of nitrogens with zero attached hydrogens (tertiary/aromatic N) is 5. The number of aromatic amines is 1. The van der Waals surface area contributed by atoms with Gasteiger partial charge in [0, 0.05) is 25.1 Å². The van der Waals surface area contributed by atoms with Crippen LogP contribution in [-0.2, 0) is 12.8 Å². The summed E-state index contributed by atoms with van der Waals surface area (Å²) in [6, 6.07) is 9.41. The largest absolute Gasteiger partial charge is 0.337 e. The van der Waals surface area contributed by atoms with Crippen LogP contribution in [0, 0.1) is 6.92 Å². The van der Waals surface area contributed by atoms with Gasteiger partial charge in [-0.1, -0.05) is 23.4 Å². The zero-order valence-electron chi connectivity index (χ0n) is 14.3. The highest BCUT2D eigenvalue weighted by atomic mass is 16.2. The molecule has 1 N–H and O–H groups in total. The molecular formula is C18H18N6O2. The molecule has 2 aromatic heterocycles. The summed E-state index contributed by atoms with van der Waals surface area (Å²) < 4.78 is 1.54. The summed E-state index contributed by atoms with van der Waals surface area (Å²) >= 11 is 0.